The molecule has 0 bridgehead atoms. The van der Waals surface area contributed by atoms with Crippen LogP contribution in [0, 0.1) is 5.82 Å². The Balaban J connectivity index is 1.70. The van der Waals surface area contributed by atoms with Crippen molar-refractivity contribution in [2.45, 2.75) is 26.6 Å². The van der Waals surface area contributed by atoms with Crippen molar-refractivity contribution >= 4 is 5.96 Å². The van der Waals surface area contributed by atoms with E-state index in [1.807, 2.05) is 37.3 Å². The number of ether oxygens (including phenoxy) is 2. The summed E-state index contributed by atoms with van der Waals surface area (Å²) in [5.41, 5.74) is 2.61. The third kappa shape index (κ3) is 4.70. The van der Waals surface area contributed by atoms with E-state index in [1.54, 1.807) is 0 Å². The Labute approximate surface area is 146 Å². The van der Waals surface area contributed by atoms with Crippen molar-refractivity contribution in [1.29, 1.82) is 0 Å². The van der Waals surface area contributed by atoms with Crippen LogP contribution in [0.25, 0.3) is 0 Å². The molecule has 0 saturated heterocycles. The lowest BCUT2D eigenvalue weighted by Gasteiger charge is -2.21. The fourth-order valence-electron chi connectivity index (χ4n) is 2.66. The zero-order chi connectivity index (χ0) is 17.5. The van der Waals surface area contributed by atoms with E-state index in [0.29, 0.717) is 31.4 Å². The van der Waals surface area contributed by atoms with Crippen molar-refractivity contribution in [2.75, 3.05) is 13.3 Å². The van der Waals surface area contributed by atoms with Crippen molar-refractivity contribution in [1.82, 2.24) is 10.6 Å². The van der Waals surface area contributed by atoms with Crippen LogP contribution >= 0.6 is 0 Å². The maximum Gasteiger partial charge on any atom is 0.191 e. The van der Waals surface area contributed by atoms with Crippen LogP contribution in [-0.4, -0.2) is 19.3 Å². The van der Waals surface area contributed by atoms with E-state index in [2.05, 4.69) is 15.6 Å². The second kappa shape index (κ2) is 8.48. The number of aliphatic imine (C=N–C) groups is 1. The predicted octanol–water partition coefficient (Wildman–Crippen LogP) is 2.95. The summed E-state index contributed by atoms with van der Waals surface area (Å²) in [6.07, 6.45) is 0. The van der Waals surface area contributed by atoms with Crippen molar-refractivity contribution in [3.05, 3.63) is 65.0 Å². The second-order valence-electron chi connectivity index (χ2n) is 5.70. The standard InChI is InChI=1S/C19H22FN3O2/c1-2-21-19(22-10-14-6-4-3-5-7-14)23-11-15-8-17(20)9-16-12-24-13-25-18(15)16/h3-9H,2,10-13H2,1H3,(H2,21,22,23). The Morgan fingerprint density at radius 2 is 2.04 bits per heavy atom. The van der Waals surface area contributed by atoms with Gasteiger partial charge in [-0.15, -0.1) is 0 Å². The van der Waals surface area contributed by atoms with Crippen molar-refractivity contribution in [3.63, 3.8) is 0 Å². The highest BCUT2D eigenvalue weighted by Crippen LogP contribution is 2.29. The molecule has 0 spiro atoms. The molecule has 6 heteroatoms. The highest BCUT2D eigenvalue weighted by molar-refractivity contribution is 5.79. The molecule has 1 heterocycles. The van der Waals surface area contributed by atoms with Gasteiger partial charge < -0.3 is 20.1 Å². The first kappa shape index (κ1) is 17.2. The molecule has 1 aliphatic rings. The van der Waals surface area contributed by atoms with E-state index in [0.717, 1.165) is 23.2 Å². The first-order valence-electron chi connectivity index (χ1n) is 8.34. The van der Waals surface area contributed by atoms with Gasteiger partial charge >= 0.3 is 0 Å². The topological polar surface area (TPSA) is 54.9 Å². The predicted molar refractivity (Wildman–Crippen MR) is 94.8 cm³/mol. The molecule has 0 aromatic heterocycles. The van der Waals surface area contributed by atoms with Crippen molar-refractivity contribution in [3.8, 4) is 5.75 Å². The van der Waals surface area contributed by atoms with Crippen LogP contribution in [0.15, 0.2) is 47.5 Å². The second-order valence-corrected chi connectivity index (χ2v) is 5.70. The highest BCUT2D eigenvalue weighted by Gasteiger charge is 2.17. The Morgan fingerprint density at radius 1 is 1.20 bits per heavy atom. The molecule has 0 unspecified atom stereocenters. The number of hydrogen-bond acceptors (Lipinski definition) is 3. The normalized spacial score (nSPS) is 13.8. The molecule has 3 rings (SSSR count). The average Bonchev–Trinajstić information content (AvgIpc) is 2.64. The van der Waals surface area contributed by atoms with Gasteiger partial charge in [-0.1, -0.05) is 30.3 Å². The Bertz CT molecular complexity index is 735. The zero-order valence-corrected chi connectivity index (χ0v) is 14.2. The lowest BCUT2D eigenvalue weighted by Crippen LogP contribution is -2.37. The van der Waals surface area contributed by atoms with Gasteiger partial charge in [-0.25, -0.2) is 9.38 Å². The summed E-state index contributed by atoms with van der Waals surface area (Å²) < 4.78 is 24.6. The minimum Gasteiger partial charge on any atom is -0.467 e. The van der Waals surface area contributed by atoms with Crippen molar-refractivity contribution < 1.29 is 13.9 Å². The van der Waals surface area contributed by atoms with Crippen LogP contribution < -0.4 is 15.4 Å². The molecule has 0 saturated carbocycles. The van der Waals surface area contributed by atoms with Crippen LogP contribution in [0.4, 0.5) is 4.39 Å². The Morgan fingerprint density at radius 3 is 2.84 bits per heavy atom. The number of hydrogen-bond donors (Lipinski definition) is 2. The van der Waals surface area contributed by atoms with Gasteiger partial charge in [0.05, 0.1) is 13.2 Å². The van der Waals surface area contributed by atoms with Gasteiger partial charge in [-0.2, -0.15) is 0 Å². The van der Waals surface area contributed by atoms with Gasteiger partial charge in [0.25, 0.3) is 0 Å². The molecule has 2 N–H and O–H groups in total. The molecule has 2 aromatic rings. The lowest BCUT2D eigenvalue weighted by molar-refractivity contribution is -0.0172. The summed E-state index contributed by atoms with van der Waals surface area (Å²) in [5.74, 6) is 1.08. The summed E-state index contributed by atoms with van der Waals surface area (Å²) in [5, 5.41) is 6.43. The van der Waals surface area contributed by atoms with Crippen molar-refractivity contribution in [2.24, 2.45) is 4.99 Å². The third-order valence-electron chi connectivity index (χ3n) is 3.80. The van der Waals surface area contributed by atoms with Gasteiger partial charge in [-0.05, 0) is 24.6 Å². The number of benzene rings is 2. The molecule has 0 radical (unpaired) electrons. The summed E-state index contributed by atoms with van der Waals surface area (Å²) in [6, 6.07) is 13.0. The first-order valence-corrected chi connectivity index (χ1v) is 8.34. The molecule has 132 valence electrons. The highest BCUT2D eigenvalue weighted by atomic mass is 19.1. The molecule has 25 heavy (non-hydrogen) atoms. The largest absolute Gasteiger partial charge is 0.467 e. The van der Waals surface area contributed by atoms with Crippen LogP contribution in [0.5, 0.6) is 5.75 Å². The van der Waals surface area contributed by atoms with E-state index in [4.69, 9.17) is 9.47 Å². The average molecular weight is 343 g/mol. The summed E-state index contributed by atoms with van der Waals surface area (Å²) in [4.78, 5) is 4.57. The molecule has 0 aliphatic carbocycles. The maximum atomic E-state index is 13.8. The van der Waals surface area contributed by atoms with Gasteiger partial charge in [0, 0.05) is 24.2 Å². The summed E-state index contributed by atoms with van der Waals surface area (Å²) in [7, 11) is 0. The number of guanidine groups is 1. The van der Waals surface area contributed by atoms with Gasteiger partial charge in [-0.3, -0.25) is 0 Å². The molecule has 0 atom stereocenters. The SMILES string of the molecule is CCNC(=NCc1ccccc1)NCc1cc(F)cc2c1OCOC2. The fraction of sp³-hybridized carbons (Fsp3) is 0.316. The van der Waals surface area contributed by atoms with Gasteiger partial charge in [0.15, 0.2) is 12.8 Å². The molecule has 0 fully saturated rings. The number of fused-ring (bicyclic) bond motifs is 1. The molecule has 5 nitrogen and oxygen atoms in total. The summed E-state index contributed by atoms with van der Waals surface area (Å²) in [6.45, 7) is 4.29. The molecular formula is C19H22FN3O2. The third-order valence-corrected chi connectivity index (χ3v) is 3.80. The van der Waals surface area contributed by atoms with E-state index in [9.17, 15) is 4.39 Å². The molecular weight excluding hydrogens is 321 g/mol. The minimum atomic E-state index is -0.295. The first-order chi connectivity index (χ1) is 12.3. The van der Waals surface area contributed by atoms with Gasteiger partial charge in [0.2, 0.25) is 0 Å². The maximum absolute atomic E-state index is 13.8. The fourth-order valence-corrected chi connectivity index (χ4v) is 2.66. The van der Waals surface area contributed by atoms with E-state index < -0.39 is 0 Å². The monoisotopic (exact) mass is 343 g/mol. The quantitative estimate of drug-likeness (QED) is 0.647. The molecule has 2 aromatic carbocycles. The molecule has 1 aliphatic heterocycles. The van der Waals surface area contributed by atoms with E-state index in [-0.39, 0.29) is 12.6 Å². The number of nitrogens with one attached hydrogen (secondary N) is 2. The Kier molecular flexibility index (Phi) is 5.85. The summed E-state index contributed by atoms with van der Waals surface area (Å²) >= 11 is 0. The van der Waals surface area contributed by atoms with Crippen LogP contribution in [0.1, 0.15) is 23.6 Å². The van der Waals surface area contributed by atoms with Crippen LogP contribution in [0.2, 0.25) is 0 Å². The number of nitrogens with zero attached hydrogens (tertiary/aromatic N) is 1. The lowest BCUT2D eigenvalue weighted by atomic mass is 10.1. The Hall–Kier alpha value is -2.60. The minimum absolute atomic E-state index is 0.188. The number of halogens is 1. The van der Waals surface area contributed by atoms with Crippen LogP contribution in [-0.2, 0) is 24.4 Å². The van der Waals surface area contributed by atoms with E-state index >= 15 is 0 Å². The number of rotatable bonds is 5. The zero-order valence-electron chi connectivity index (χ0n) is 14.2. The van der Waals surface area contributed by atoms with E-state index in [1.165, 1.54) is 12.1 Å². The molecule has 0 amide bonds. The van der Waals surface area contributed by atoms with Gasteiger partial charge in [0.1, 0.15) is 11.6 Å². The van der Waals surface area contributed by atoms with Crippen LogP contribution in [0.3, 0.4) is 0 Å². The smallest absolute Gasteiger partial charge is 0.191 e.